The first-order valence-corrected chi connectivity index (χ1v) is 14.7. The molecule has 1 aliphatic rings. The summed E-state index contributed by atoms with van der Waals surface area (Å²) in [5.41, 5.74) is -0.451. The van der Waals surface area contributed by atoms with Gasteiger partial charge in [0.2, 0.25) is 5.09 Å². The fourth-order valence-electron chi connectivity index (χ4n) is 5.10. The van der Waals surface area contributed by atoms with Crippen LogP contribution < -0.4 is 5.56 Å². The Kier molecular flexibility index (Phi) is 7.84. The molecule has 5 rings (SSSR count). The summed E-state index contributed by atoms with van der Waals surface area (Å²) in [6.45, 7) is 3.66. The Morgan fingerprint density at radius 2 is 1.90 bits per heavy atom. The maximum absolute atomic E-state index is 13.6. The van der Waals surface area contributed by atoms with Crippen molar-refractivity contribution in [1.82, 2.24) is 13.9 Å². The Bertz CT molecular complexity index is 1810. The third-order valence-corrected chi connectivity index (χ3v) is 9.04. The van der Waals surface area contributed by atoms with Crippen molar-refractivity contribution >= 4 is 26.8 Å². The molecule has 1 fully saturated rings. The number of benzene rings is 1. The van der Waals surface area contributed by atoms with Gasteiger partial charge in [0, 0.05) is 42.9 Å². The molecule has 42 heavy (non-hydrogen) atoms. The van der Waals surface area contributed by atoms with E-state index in [-0.39, 0.29) is 58.5 Å². The molecule has 1 aromatic carbocycles. The largest absolute Gasteiger partial charge is 0.443 e. The monoisotopic (exact) mass is 605 g/mol. The van der Waals surface area contributed by atoms with Gasteiger partial charge in [-0.3, -0.25) is 14.6 Å². The molecule has 4 aromatic rings. The number of nitrogens with zero attached hydrogens (tertiary/aromatic N) is 3. The van der Waals surface area contributed by atoms with Crippen LogP contribution in [0.25, 0.3) is 22.2 Å². The van der Waals surface area contributed by atoms with Crippen LogP contribution in [0.5, 0.6) is 0 Å². The van der Waals surface area contributed by atoms with Gasteiger partial charge in [-0.1, -0.05) is 0 Å². The van der Waals surface area contributed by atoms with Gasteiger partial charge in [-0.15, -0.1) is 0 Å². The first-order valence-electron chi connectivity index (χ1n) is 13.3. The zero-order valence-corrected chi connectivity index (χ0v) is 23.5. The Morgan fingerprint density at radius 3 is 2.57 bits per heavy atom. The second kappa shape index (κ2) is 11.1. The molecule has 8 nitrogen and oxygen atoms in total. The van der Waals surface area contributed by atoms with Gasteiger partial charge in [0.25, 0.3) is 15.6 Å². The van der Waals surface area contributed by atoms with Crippen molar-refractivity contribution in [3.8, 4) is 11.3 Å². The van der Waals surface area contributed by atoms with Crippen LogP contribution in [0.2, 0.25) is 0 Å². The predicted molar refractivity (Wildman–Crippen MR) is 146 cm³/mol. The SMILES string of the molecule is CC(C)n1cc(CCC(=O)[C@@H]2CCCN2S(=O)(=O)c2cc3cc(F)ccc3o2)cc(-c2ccc(C(F)(F)F)cn2)c1=O. The zero-order chi connectivity index (χ0) is 30.4. The topological polar surface area (TPSA) is 102 Å². The van der Waals surface area contributed by atoms with E-state index in [4.69, 9.17) is 4.42 Å². The van der Waals surface area contributed by atoms with Crippen LogP contribution in [-0.2, 0) is 27.4 Å². The molecule has 0 radical (unpaired) electrons. The molecule has 0 bridgehead atoms. The summed E-state index contributed by atoms with van der Waals surface area (Å²) >= 11 is 0. The van der Waals surface area contributed by atoms with E-state index in [0.29, 0.717) is 24.6 Å². The van der Waals surface area contributed by atoms with Crippen molar-refractivity contribution in [1.29, 1.82) is 0 Å². The Labute approximate surface area is 238 Å². The van der Waals surface area contributed by atoms with Gasteiger partial charge in [-0.25, -0.2) is 12.8 Å². The van der Waals surface area contributed by atoms with E-state index in [2.05, 4.69) is 4.98 Å². The van der Waals surface area contributed by atoms with Gasteiger partial charge in [-0.05, 0) is 75.1 Å². The Morgan fingerprint density at radius 1 is 1.14 bits per heavy atom. The summed E-state index contributed by atoms with van der Waals surface area (Å²) < 4.78 is 87.4. The summed E-state index contributed by atoms with van der Waals surface area (Å²) in [5.74, 6) is -0.864. The van der Waals surface area contributed by atoms with Crippen LogP contribution in [0.3, 0.4) is 0 Å². The van der Waals surface area contributed by atoms with Gasteiger partial charge in [0.05, 0.1) is 22.9 Å². The summed E-state index contributed by atoms with van der Waals surface area (Å²) in [7, 11) is -4.18. The number of hydrogen-bond donors (Lipinski definition) is 0. The molecular formula is C29H27F4N3O5S. The number of furan rings is 1. The second-order valence-corrected chi connectivity index (χ2v) is 12.3. The number of aromatic nitrogens is 2. The molecule has 0 unspecified atom stereocenters. The lowest BCUT2D eigenvalue weighted by Gasteiger charge is -2.22. The molecule has 4 heterocycles. The number of halogens is 4. The predicted octanol–water partition coefficient (Wildman–Crippen LogP) is 5.75. The lowest BCUT2D eigenvalue weighted by molar-refractivity contribution is -0.137. The van der Waals surface area contributed by atoms with Crippen LogP contribution in [0.15, 0.2) is 69.2 Å². The Balaban J connectivity index is 1.37. The highest BCUT2D eigenvalue weighted by Crippen LogP contribution is 2.32. The number of ketones is 1. The van der Waals surface area contributed by atoms with E-state index in [0.717, 1.165) is 28.6 Å². The standard InChI is InChI=1S/C29H27F4N3O5S/c1-17(2)35-16-18(12-22(28(35)38)23-8-6-20(15-34-23)29(31,32)33)5-9-25(37)24-4-3-11-36(24)42(39,40)27-14-19-13-21(30)7-10-26(19)41-27/h6-8,10,12-17,24H,3-5,9,11H2,1-2H3/t24-/m0/s1. The molecule has 1 saturated heterocycles. The number of fused-ring (bicyclic) bond motifs is 1. The second-order valence-electron chi connectivity index (χ2n) is 10.5. The van der Waals surface area contributed by atoms with Gasteiger partial charge in [-0.2, -0.15) is 17.5 Å². The highest BCUT2D eigenvalue weighted by Gasteiger charge is 2.40. The molecule has 0 amide bonds. The molecule has 0 N–H and O–H groups in total. The first-order chi connectivity index (χ1) is 19.8. The average Bonchev–Trinajstić information content (AvgIpc) is 3.60. The summed E-state index contributed by atoms with van der Waals surface area (Å²) in [5, 5.41) is -0.0882. The number of sulfonamides is 1. The lowest BCUT2D eigenvalue weighted by atomic mass is 10.0. The summed E-state index contributed by atoms with van der Waals surface area (Å²) in [6.07, 6.45) is -1.42. The molecule has 13 heteroatoms. The third-order valence-electron chi connectivity index (χ3n) is 7.28. The maximum Gasteiger partial charge on any atom is 0.417 e. The number of pyridine rings is 2. The molecular weight excluding hydrogens is 578 g/mol. The fraction of sp³-hybridized carbons (Fsp3) is 0.345. The molecule has 222 valence electrons. The molecule has 3 aromatic heterocycles. The van der Waals surface area contributed by atoms with E-state index in [1.165, 1.54) is 22.8 Å². The number of aryl methyl sites for hydroxylation is 1. The Hall–Kier alpha value is -3.84. The quantitative estimate of drug-likeness (QED) is 0.237. The van der Waals surface area contributed by atoms with Gasteiger partial charge in [0.15, 0.2) is 5.78 Å². The number of carbonyl (C=O) groups is 1. The zero-order valence-electron chi connectivity index (χ0n) is 22.7. The van der Waals surface area contributed by atoms with Crippen LogP contribution in [0.1, 0.15) is 50.3 Å². The van der Waals surface area contributed by atoms with E-state index in [1.807, 2.05) is 0 Å². The molecule has 0 spiro atoms. The third kappa shape index (κ3) is 5.75. The molecule has 1 aliphatic heterocycles. The van der Waals surface area contributed by atoms with Crippen molar-refractivity contribution in [2.24, 2.45) is 0 Å². The summed E-state index contributed by atoms with van der Waals surface area (Å²) in [4.78, 5) is 30.3. The van der Waals surface area contributed by atoms with Gasteiger partial charge in [0.1, 0.15) is 11.4 Å². The molecule has 1 atom stereocenters. The molecule has 0 aliphatic carbocycles. The van der Waals surface area contributed by atoms with Gasteiger partial charge >= 0.3 is 6.18 Å². The van der Waals surface area contributed by atoms with Crippen molar-refractivity contribution < 1.29 is 35.2 Å². The van der Waals surface area contributed by atoms with Crippen molar-refractivity contribution in [2.45, 2.75) is 62.9 Å². The van der Waals surface area contributed by atoms with E-state index in [1.54, 1.807) is 20.0 Å². The van der Waals surface area contributed by atoms with Crippen LogP contribution in [0.4, 0.5) is 17.6 Å². The first kappa shape index (κ1) is 29.6. The fourth-order valence-corrected chi connectivity index (χ4v) is 6.73. The highest BCUT2D eigenvalue weighted by molar-refractivity contribution is 7.89. The minimum absolute atomic E-state index is 0.0434. The minimum Gasteiger partial charge on any atom is -0.443 e. The number of rotatable bonds is 8. The lowest BCUT2D eigenvalue weighted by Crippen LogP contribution is -2.40. The average molecular weight is 606 g/mol. The van der Waals surface area contributed by atoms with Crippen molar-refractivity contribution in [3.05, 3.63) is 82.2 Å². The van der Waals surface area contributed by atoms with Crippen molar-refractivity contribution in [3.63, 3.8) is 0 Å². The maximum atomic E-state index is 13.6. The van der Waals surface area contributed by atoms with E-state index in [9.17, 15) is 35.6 Å². The number of alkyl halides is 3. The molecule has 0 saturated carbocycles. The summed E-state index contributed by atoms with van der Waals surface area (Å²) in [6, 6.07) is 7.17. The number of hydrogen-bond acceptors (Lipinski definition) is 6. The smallest absolute Gasteiger partial charge is 0.417 e. The minimum atomic E-state index is -4.57. The van der Waals surface area contributed by atoms with Gasteiger partial charge < -0.3 is 8.98 Å². The van der Waals surface area contributed by atoms with E-state index < -0.39 is 39.2 Å². The highest BCUT2D eigenvalue weighted by atomic mass is 32.2. The number of carbonyl (C=O) groups excluding carboxylic acids is 1. The van der Waals surface area contributed by atoms with Crippen molar-refractivity contribution in [2.75, 3.05) is 6.54 Å². The normalized spacial score (nSPS) is 16.5. The van der Waals surface area contributed by atoms with Crippen LogP contribution >= 0.6 is 0 Å². The van der Waals surface area contributed by atoms with Crippen LogP contribution in [-0.4, -0.2) is 40.6 Å². The number of Topliss-reactive ketones (excluding diaryl/α,β-unsaturated/α-hetero) is 1. The van der Waals surface area contributed by atoms with E-state index >= 15 is 0 Å². The van der Waals surface area contributed by atoms with Crippen LogP contribution in [0, 0.1) is 5.82 Å².